The van der Waals surface area contributed by atoms with E-state index in [1.807, 2.05) is 0 Å². The van der Waals surface area contributed by atoms with Gasteiger partial charge in [0, 0.05) is 22.3 Å². The van der Waals surface area contributed by atoms with Gasteiger partial charge in [0.25, 0.3) is 0 Å². The fourth-order valence-electron chi connectivity index (χ4n) is 11.2. The Bertz CT molecular complexity index is 1610. The molecule has 2 aromatic carbocycles. The van der Waals surface area contributed by atoms with Crippen molar-refractivity contribution >= 4 is 11.4 Å². The minimum atomic E-state index is 0. The molecule has 2 nitrogen and oxygen atoms in total. The summed E-state index contributed by atoms with van der Waals surface area (Å²) >= 11 is 0. The molecule has 1 aliphatic rings. The summed E-state index contributed by atoms with van der Waals surface area (Å²) in [7, 11) is 0. The molecule has 0 bridgehead atoms. The van der Waals surface area contributed by atoms with Gasteiger partial charge in [-0.15, -0.1) is 0 Å². The zero-order chi connectivity index (χ0) is 55.5. The number of hydrogen-bond donors (Lipinski definition) is 0. The zero-order valence-electron chi connectivity index (χ0n) is 53.0. The topological polar surface area (TPSA) is 25.3 Å². The summed E-state index contributed by atoms with van der Waals surface area (Å²) < 4.78 is 1.67. The third kappa shape index (κ3) is 36.9. The summed E-state index contributed by atoms with van der Waals surface area (Å²) in [5.74, 6) is 0. The van der Waals surface area contributed by atoms with Gasteiger partial charge in [0.1, 0.15) is 0 Å². The molecule has 0 aliphatic carbocycles. The summed E-state index contributed by atoms with van der Waals surface area (Å²) in [6, 6.07) is 14.6. The quantitative estimate of drug-likeness (QED) is 0.0273. The van der Waals surface area contributed by atoms with Gasteiger partial charge in [-0.2, -0.15) is 12.8 Å². The molecule has 3 rings (SSSR count). The summed E-state index contributed by atoms with van der Waals surface area (Å²) in [5, 5.41) is 0. The van der Waals surface area contributed by atoms with Gasteiger partial charge >= 0.3 is 16.5 Å². The van der Waals surface area contributed by atoms with Crippen molar-refractivity contribution in [3.05, 3.63) is 100 Å². The maximum Gasteiger partial charge on any atom is 2.00 e. The first-order valence-electron chi connectivity index (χ1n) is 34.1. The number of unbranched alkanes of at least 4 members (excludes halogenated alkanes) is 34. The standard InChI is InChI=1S/C46H72N2.2C14H29.Ni/c1-7-13-19-22-27-39-32-40(28-23-20-14-8-2)36-42(35-39)46-44(30-24-21-15-9-3)43(29-18-12-6)45(48(46)47)41-33-37(25-16-10-4)31-38(34-41)26-17-11-5;2*1-3-5-7-9-11-13-14-12-10-8-6-4-2;/h31-36H,7-30H2,1-6H3;2*1,3-14H2,2H3;/q;2*-1;+2. The van der Waals surface area contributed by atoms with Gasteiger partial charge in [-0.05, 0) is 124 Å². The zero-order valence-corrected chi connectivity index (χ0v) is 54.0. The van der Waals surface area contributed by atoms with Gasteiger partial charge in [-0.25, -0.2) is 4.70 Å². The van der Waals surface area contributed by atoms with Crippen LogP contribution in [0.4, 0.5) is 0 Å². The summed E-state index contributed by atoms with van der Waals surface area (Å²) in [6.45, 7) is 26.1. The van der Waals surface area contributed by atoms with Crippen LogP contribution in [0.5, 0.6) is 0 Å². The predicted molar refractivity (Wildman–Crippen MR) is 344 cm³/mol. The molecule has 0 aromatic heterocycles. The molecule has 0 N–H and O–H groups in total. The molecular weight excluding hydrogens is 976 g/mol. The van der Waals surface area contributed by atoms with E-state index >= 15 is 0 Å². The Kier molecular flexibility index (Phi) is 53.2. The maximum absolute atomic E-state index is 12.5. The fourth-order valence-corrected chi connectivity index (χ4v) is 11.2. The normalized spacial score (nSPS) is 12.3. The van der Waals surface area contributed by atoms with E-state index in [1.54, 1.807) is 4.70 Å². The summed E-state index contributed by atoms with van der Waals surface area (Å²) in [5.41, 5.74) is 25.7. The molecule has 1 aliphatic heterocycles. The first kappa shape index (κ1) is 75.0. The van der Waals surface area contributed by atoms with Crippen molar-refractivity contribution in [1.29, 1.82) is 0 Å². The average Bonchev–Trinajstić information content (AvgIpc) is 3.71. The first-order valence-corrected chi connectivity index (χ1v) is 34.1. The summed E-state index contributed by atoms with van der Waals surface area (Å²) in [6.07, 6.45) is 62.6. The molecule has 1 heterocycles. The molecule has 446 valence electrons. The monoisotopic (exact) mass is 1100 g/mol. The Labute approximate surface area is 493 Å². The van der Waals surface area contributed by atoms with E-state index in [0.29, 0.717) is 0 Å². The molecular formula is C74H130N2Ni. The van der Waals surface area contributed by atoms with Crippen LogP contribution in [0.1, 0.15) is 371 Å². The average molecular weight is 1110 g/mol. The van der Waals surface area contributed by atoms with Crippen LogP contribution in [-0.2, 0) is 42.2 Å². The van der Waals surface area contributed by atoms with Crippen LogP contribution in [0.25, 0.3) is 16.9 Å². The third-order valence-electron chi connectivity index (χ3n) is 16.1. The van der Waals surface area contributed by atoms with Crippen LogP contribution < -0.4 is 0 Å². The SMILES string of the molecule is CCCCCCC1=C(c2cc(CCCCCC)cc(CCCCCC)c2)[N+](=[N-])C(c2cc(CCCC)cc(CCCC)c2)=C1CCCC.[CH2-]CCCCCCCCCCCCC.[CH2-]CCCCCCCCCCCCC.[Ni+2]. The van der Waals surface area contributed by atoms with Crippen molar-refractivity contribution in [2.45, 2.75) is 364 Å². The molecule has 0 saturated carbocycles. The molecule has 0 unspecified atom stereocenters. The van der Waals surface area contributed by atoms with Crippen LogP contribution >= 0.6 is 0 Å². The Morgan fingerprint density at radius 1 is 0.273 bits per heavy atom. The molecule has 3 heteroatoms. The number of hydrogen-bond acceptors (Lipinski definition) is 0. The summed E-state index contributed by atoms with van der Waals surface area (Å²) in [4.78, 5) is 0. The van der Waals surface area contributed by atoms with Gasteiger partial charge in [-0.1, -0.05) is 286 Å². The molecule has 0 fully saturated rings. The minimum absolute atomic E-state index is 0. The van der Waals surface area contributed by atoms with Crippen LogP contribution in [0, 0.1) is 13.8 Å². The fraction of sp³-hybridized carbons (Fsp3) is 0.757. The number of benzene rings is 2. The number of aryl methyl sites for hydroxylation is 4. The molecule has 2 aromatic rings. The second kappa shape index (κ2) is 54.6. The molecule has 0 spiro atoms. The van der Waals surface area contributed by atoms with Crippen molar-refractivity contribution < 1.29 is 21.2 Å². The van der Waals surface area contributed by atoms with E-state index in [0.717, 1.165) is 75.6 Å². The van der Waals surface area contributed by atoms with Crippen LogP contribution in [0.15, 0.2) is 47.5 Å². The van der Waals surface area contributed by atoms with E-state index in [9.17, 15) is 5.53 Å². The molecule has 0 amide bonds. The van der Waals surface area contributed by atoms with Crippen molar-refractivity contribution in [1.82, 2.24) is 0 Å². The van der Waals surface area contributed by atoms with Crippen molar-refractivity contribution in [3.63, 3.8) is 0 Å². The van der Waals surface area contributed by atoms with Gasteiger partial charge in [0.05, 0.1) is 0 Å². The Morgan fingerprint density at radius 3 is 0.753 bits per heavy atom. The van der Waals surface area contributed by atoms with Gasteiger partial charge in [0.15, 0.2) is 0 Å². The smallest absolute Gasteiger partial charge is 0.493 e. The van der Waals surface area contributed by atoms with E-state index in [-0.39, 0.29) is 16.5 Å². The van der Waals surface area contributed by atoms with E-state index in [2.05, 4.69) is 106 Å². The predicted octanol–water partition coefficient (Wildman–Crippen LogP) is 26.0. The molecule has 0 atom stereocenters. The first-order chi connectivity index (χ1) is 37.3. The van der Waals surface area contributed by atoms with Crippen molar-refractivity contribution in [2.24, 2.45) is 0 Å². The van der Waals surface area contributed by atoms with Gasteiger partial charge < -0.3 is 19.4 Å². The maximum atomic E-state index is 12.5. The van der Waals surface area contributed by atoms with Gasteiger partial charge in [-0.3, -0.25) is 0 Å². The number of allylic oxidation sites excluding steroid dienone is 2. The Morgan fingerprint density at radius 2 is 0.481 bits per heavy atom. The van der Waals surface area contributed by atoms with Gasteiger partial charge in [0.2, 0.25) is 11.4 Å². The van der Waals surface area contributed by atoms with Crippen molar-refractivity contribution in [2.75, 3.05) is 0 Å². The minimum Gasteiger partial charge on any atom is -0.493 e. The van der Waals surface area contributed by atoms with Crippen molar-refractivity contribution in [3.8, 4) is 0 Å². The van der Waals surface area contributed by atoms with Crippen LogP contribution in [0.2, 0.25) is 0 Å². The molecule has 0 saturated heterocycles. The Balaban J connectivity index is 0.00000162. The second-order valence-corrected chi connectivity index (χ2v) is 23.6. The van der Waals surface area contributed by atoms with E-state index < -0.39 is 0 Å². The Hall–Kier alpha value is -1.99. The molecule has 77 heavy (non-hydrogen) atoms. The number of rotatable bonds is 48. The number of nitrogens with zero attached hydrogens (tertiary/aromatic N) is 2. The second-order valence-electron chi connectivity index (χ2n) is 23.6. The van der Waals surface area contributed by atoms with E-state index in [1.165, 1.54) is 289 Å². The largest absolute Gasteiger partial charge is 2.00 e. The molecule has 0 radical (unpaired) electrons. The third-order valence-corrected chi connectivity index (χ3v) is 16.1. The van der Waals surface area contributed by atoms with Crippen LogP contribution in [0.3, 0.4) is 0 Å². The van der Waals surface area contributed by atoms with E-state index in [4.69, 9.17) is 0 Å². The van der Waals surface area contributed by atoms with Crippen LogP contribution in [-0.4, -0.2) is 4.70 Å².